The summed E-state index contributed by atoms with van der Waals surface area (Å²) in [4.78, 5) is 28.5. The number of carboxylic acid groups (broad SMARTS) is 1. The first-order chi connectivity index (χ1) is 12.0. The quantitative estimate of drug-likeness (QED) is 0.840. The standard InChI is InChI=1S/C18H22N4O3/c1-9(18(24)25)20-17(23)13-7-15(12-5-6-12)21-16-14(13)8-19-22(16)10(2)11-3-4-11/h7-12H,3-6H2,1-2H3,(H,20,23)(H,24,25)/t9-,10?/m1/s1. The number of hydrogen-bond acceptors (Lipinski definition) is 4. The van der Waals surface area contributed by atoms with Crippen molar-refractivity contribution in [2.24, 2.45) is 5.92 Å². The molecule has 2 heterocycles. The molecule has 2 atom stereocenters. The normalized spacial score (nSPS) is 19.6. The van der Waals surface area contributed by atoms with Gasteiger partial charge < -0.3 is 10.4 Å². The topological polar surface area (TPSA) is 97.1 Å². The van der Waals surface area contributed by atoms with Crippen LogP contribution in [-0.4, -0.2) is 37.8 Å². The molecule has 2 aliphatic rings. The van der Waals surface area contributed by atoms with Crippen molar-refractivity contribution >= 4 is 22.9 Å². The molecular formula is C18H22N4O3. The Balaban J connectivity index is 1.77. The molecule has 2 saturated carbocycles. The molecule has 0 saturated heterocycles. The molecule has 0 aliphatic heterocycles. The summed E-state index contributed by atoms with van der Waals surface area (Å²) in [5.41, 5.74) is 2.11. The molecule has 2 aromatic rings. The molecule has 7 heteroatoms. The van der Waals surface area contributed by atoms with Crippen molar-refractivity contribution in [1.82, 2.24) is 20.1 Å². The Morgan fingerprint density at radius 2 is 2.00 bits per heavy atom. The second-order valence-corrected chi connectivity index (χ2v) is 7.31. The Morgan fingerprint density at radius 3 is 2.60 bits per heavy atom. The predicted octanol–water partition coefficient (Wildman–Crippen LogP) is 2.48. The maximum atomic E-state index is 12.7. The van der Waals surface area contributed by atoms with Crippen LogP contribution in [0.4, 0.5) is 0 Å². The Kier molecular flexibility index (Phi) is 3.74. The molecule has 25 heavy (non-hydrogen) atoms. The lowest BCUT2D eigenvalue weighted by Crippen LogP contribution is -2.38. The molecule has 0 aromatic carbocycles. The monoisotopic (exact) mass is 342 g/mol. The third-order valence-corrected chi connectivity index (χ3v) is 5.23. The van der Waals surface area contributed by atoms with Crippen molar-refractivity contribution in [2.45, 2.75) is 57.5 Å². The van der Waals surface area contributed by atoms with E-state index in [9.17, 15) is 9.59 Å². The van der Waals surface area contributed by atoms with Gasteiger partial charge in [-0.05, 0) is 51.5 Å². The number of fused-ring (bicyclic) bond motifs is 1. The van der Waals surface area contributed by atoms with E-state index in [-0.39, 0.29) is 11.9 Å². The van der Waals surface area contributed by atoms with Crippen LogP contribution in [0.3, 0.4) is 0 Å². The first kappa shape index (κ1) is 16.1. The summed E-state index contributed by atoms with van der Waals surface area (Å²) in [6.07, 6.45) is 6.25. The maximum Gasteiger partial charge on any atom is 0.325 e. The molecule has 2 fully saturated rings. The van der Waals surface area contributed by atoms with Crippen LogP contribution in [0.1, 0.15) is 67.5 Å². The van der Waals surface area contributed by atoms with E-state index in [4.69, 9.17) is 10.1 Å². The van der Waals surface area contributed by atoms with E-state index in [0.717, 1.165) is 24.2 Å². The largest absolute Gasteiger partial charge is 0.480 e. The minimum absolute atomic E-state index is 0.258. The lowest BCUT2D eigenvalue weighted by Gasteiger charge is -2.14. The van der Waals surface area contributed by atoms with Crippen LogP contribution < -0.4 is 5.32 Å². The van der Waals surface area contributed by atoms with Crippen LogP contribution in [0.25, 0.3) is 11.0 Å². The highest BCUT2D eigenvalue weighted by molar-refractivity contribution is 6.06. The van der Waals surface area contributed by atoms with Gasteiger partial charge in [-0.2, -0.15) is 5.10 Å². The van der Waals surface area contributed by atoms with Crippen LogP contribution in [0.2, 0.25) is 0 Å². The number of rotatable bonds is 6. The highest BCUT2D eigenvalue weighted by Crippen LogP contribution is 2.42. The minimum atomic E-state index is -1.06. The van der Waals surface area contributed by atoms with Gasteiger partial charge in [-0.25, -0.2) is 9.67 Å². The number of nitrogens with one attached hydrogen (secondary N) is 1. The van der Waals surface area contributed by atoms with Crippen molar-refractivity contribution in [3.05, 3.63) is 23.5 Å². The molecule has 0 radical (unpaired) electrons. The van der Waals surface area contributed by atoms with Gasteiger partial charge in [0.05, 0.1) is 23.2 Å². The predicted molar refractivity (Wildman–Crippen MR) is 91.5 cm³/mol. The molecule has 0 bridgehead atoms. The summed E-state index contributed by atoms with van der Waals surface area (Å²) in [6.45, 7) is 3.60. The van der Waals surface area contributed by atoms with Crippen molar-refractivity contribution in [3.63, 3.8) is 0 Å². The summed E-state index contributed by atoms with van der Waals surface area (Å²) >= 11 is 0. The van der Waals surface area contributed by atoms with Crippen molar-refractivity contribution in [1.29, 1.82) is 0 Å². The fourth-order valence-corrected chi connectivity index (χ4v) is 3.23. The third-order valence-electron chi connectivity index (χ3n) is 5.23. The number of amides is 1. The number of nitrogens with zero attached hydrogens (tertiary/aromatic N) is 3. The fourth-order valence-electron chi connectivity index (χ4n) is 3.23. The van der Waals surface area contributed by atoms with Gasteiger partial charge in [0.1, 0.15) is 6.04 Å². The summed E-state index contributed by atoms with van der Waals surface area (Å²) in [6, 6.07) is 1.12. The molecule has 2 N–H and O–H groups in total. The van der Waals surface area contributed by atoms with E-state index < -0.39 is 12.0 Å². The summed E-state index contributed by atoms with van der Waals surface area (Å²) in [7, 11) is 0. The van der Waals surface area contributed by atoms with Gasteiger partial charge >= 0.3 is 5.97 Å². The van der Waals surface area contributed by atoms with E-state index in [2.05, 4.69) is 17.3 Å². The zero-order valence-corrected chi connectivity index (χ0v) is 14.4. The van der Waals surface area contributed by atoms with Crippen molar-refractivity contribution < 1.29 is 14.7 Å². The summed E-state index contributed by atoms with van der Waals surface area (Å²) in [5.74, 6) is -0.423. The summed E-state index contributed by atoms with van der Waals surface area (Å²) < 4.78 is 1.93. The van der Waals surface area contributed by atoms with Gasteiger partial charge in [-0.15, -0.1) is 0 Å². The smallest absolute Gasteiger partial charge is 0.325 e. The average molecular weight is 342 g/mol. The maximum absolute atomic E-state index is 12.7. The first-order valence-corrected chi connectivity index (χ1v) is 8.87. The van der Waals surface area contributed by atoms with E-state index in [0.29, 0.717) is 22.8 Å². The lowest BCUT2D eigenvalue weighted by atomic mass is 10.1. The molecule has 2 aromatic heterocycles. The molecule has 2 aliphatic carbocycles. The van der Waals surface area contributed by atoms with Crippen molar-refractivity contribution in [3.8, 4) is 0 Å². The van der Waals surface area contributed by atoms with E-state index in [1.165, 1.54) is 19.8 Å². The second-order valence-electron chi connectivity index (χ2n) is 7.31. The average Bonchev–Trinajstić information content (AvgIpc) is 3.48. The van der Waals surface area contributed by atoms with Gasteiger partial charge in [-0.1, -0.05) is 0 Å². The lowest BCUT2D eigenvalue weighted by molar-refractivity contribution is -0.138. The molecule has 132 valence electrons. The second kappa shape index (κ2) is 5.82. The van der Waals surface area contributed by atoms with Crippen LogP contribution in [0.5, 0.6) is 0 Å². The molecule has 1 amide bonds. The Bertz CT molecular complexity index is 851. The molecule has 0 spiro atoms. The number of hydrogen-bond donors (Lipinski definition) is 2. The van der Waals surface area contributed by atoms with Gasteiger partial charge in [-0.3, -0.25) is 9.59 Å². The van der Waals surface area contributed by atoms with E-state index in [1.807, 2.05) is 4.68 Å². The molecule has 1 unspecified atom stereocenters. The zero-order valence-electron chi connectivity index (χ0n) is 14.4. The van der Waals surface area contributed by atoms with Gasteiger partial charge in [0, 0.05) is 11.6 Å². The molecule has 7 nitrogen and oxygen atoms in total. The Morgan fingerprint density at radius 1 is 1.28 bits per heavy atom. The SMILES string of the molecule is CC(C1CC1)n1ncc2c(C(=O)N[C@H](C)C(=O)O)cc(C3CC3)nc21. The zero-order chi connectivity index (χ0) is 17.7. The number of pyridine rings is 1. The van der Waals surface area contributed by atoms with E-state index in [1.54, 1.807) is 12.3 Å². The number of aromatic nitrogens is 3. The number of aliphatic carboxylic acids is 1. The van der Waals surface area contributed by atoms with Gasteiger partial charge in [0.15, 0.2) is 5.65 Å². The van der Waals surface area contributed by atoms with Gasteiger partial charge in [0.2, 0.25) is 0 Å². The number of carboxylic acids is 1. The highest BCUT2D eigenvalue weighted by Gasteiger charge is 2.33. The fraction of sp³-hybridized carbons (Fsp3) is 0.556. The molecule has 4 rings (SSSR count). The first-order valence-electron chi connectivity index (χ1n) is 8.87. The van der Waals surface area contributed by atoms with Gasteiger partial charge in [0.25, 0.3) is 5.91 Å². The van der Waals surface area contributed by atoms with Crippen LogP contribution >= 0.6 is 0 Å². The van der Waals surface area contributed by atoms with Crippen LogP contribution in [-0.2, 0) is 4.79 Å². The summed E-state index contributed by atoms with van der Waals surface area (Å²) in [5, 5.41) is 16.8. The Labute approximate surface area is 145 Å². The van der Waals surface area contributed by atoms with Crippen molar-refractivity contribution in [2.75, 3.05) is 0 Å². The Hall–Kier alpha value is -2.44. The number of carbonyl (C=O) groups excluding carboxylic acids is 1. The van der Waals surface area contributed by atoms with E-state index >= 15 is 0 Å². The number of carbonyl (C=O) groups is 2. The van der Waals surface area contributed by atoms with Crippen LogP contribution in [0.15, 0.2) is 12.3 Å². The minimum Gasteiger partial charge on any atom is -0.480 e. The highest BCUT2D eigenvalue weighted by atomic mass is 16.4. The molecular weight excluding hydrogens is 320 g/mol. The van der Waals surface area contributed by atoms with Crippen LogP contribution in [0, 0.1) is 5.92 Å². The third kappa shape index (κ3) is 2.99.